The fraction of sp³-hybridized carbons (Fsp3) is 0.708. The molecule has 2 atom stereocenters. The smallest absolute Gasteiger partial charge is 0.410 e. The minimum atomic E-state index is -1.93. The number of likely N-dealkylation sites (tertiary alicyclic amines) is 1. The normalized spacial score (nSPS) is 20.1. The maximum atomic E-state index is 12.9. The van der Waals surface area contributed by atoms with Crippen LogP contribution in [0.2, 0.25) is 18.1 Å². The first-order valence-corrected chi connectivity index (χ1v) is 14.1. The van der Waals surface area contributed by atoms with Gasteiger partial charge in [-0.05, 0) is 63.0 Å². The Morgan fingerprint density at radius 1 is 1.13 bits per heavy atom. The summed E-state index contributed by atoms with van der Waals surface area (Å²) >= 11 is 0. The van der Waals surface area contributed by atoms with E-state index in [2.05, 4.69) is 51.3 Å². The monoisotopic (exact) mass is 450 g/mol. The zero-order chi connectivity index (χ0) is 23.4. The third-order valence-corrected chi connectivity index (χ3v) is 10.8. The predicted octanol–water partition coefficient (Wildman–Crippen LogP) is 5.18. The van der Waals surface area contributed by atoms with Gasteiger partial charge in [0.15, 0.2) is 8.32 Å². The van der Waals surface area contributed by atoms with Gasteiger partial charge in [-0.2, -0.15) is 0 Å². The fourth-order valence-corrected chi connectivity index (χ4v) is 4.37. The number of nitrogens with zero attached hydrogens (tertiary/aromatic N) is 1. The number of hydrogen-bond acceptors (Lipinski definition) is 5. The molecule has 1 saturated heterocycles. The average Bonchev–Trinajstić information content (AvgIpc) is 3.06. The number of methoxy groups -OCH3 is 1. The third kappa shape index (κ3) is 7.22. The van der Waals surface area contributed by atoms with Gasteiger partial charge in [0, 0.05) is 19.1 Å². The van der Waals surface area contributed by atoms with Gasteiger partial charge in [0.1, 0.15) is 11.4 Å². The molecule has 1 aliphatic heterocycles. The molecular formula is C24H42N2O4Si. The molecule has 1 amide bonds. The van der Waals surface area contributed by atoms with Gasteiger partial charge in [-0.15, -0.1) is 0 Å². The van der Waals surface area contributed by atoms with E-state index in [1.54, 1.807) is 7.11 Å². The number of carbonyl (C=O) groups is 1. The van der Waals surface area contributed by atoms with Gasteiger partial charge in [0.25, 0.3) is 0 Å². The molecule has 1 fully saturated rings. The summed E-state index contributed by atoms with van der Waals surface area (Å²) < 4.78 is 17.5. The summed E-state index contributed by atoms with van der Waals surface area (Å²) in [5, 5.41) is 3.77. The van der Waals surface area contributed by atoms with Crippen molar-refractivity contribution in [3.8, 4) is 5.75 Å². The molecule has 0 bridgehead atoms. The third-order valence-electron chi connectivity index (χ3n) is 6.32. The fourth-order valence-electron chi connectivity index (χ4n) is 3.35. The van der Waals surface area contributed by atoms with Crippen molar-refractivity contribution in [2.45, 2.75) is 90.3 Å². The first-order valence-electron chi connectivity index (χ1n) is 11.2. The topological polar surface area (TPSA) is 60.0 Å². The summed E-state index contributed by atoms with van der Waals surface area (Å²) in [7, 11) is -0.260. The van der Waals surface area contributed by atoms with E-state index in [1.807, 2.05) is 37.8 Å². The van der Waals surface area contributed by atoms with E-state index in [1.165, 1.54) is 5.56 Å². The highest BCUT2D eigenvalue weighted by Gasteiger charge is 2.43. The summed E-state index contributed by atoms with van der Waals surface area (Å²) in [5.74, 6) is 0.848. The van der Waals surface area contributed by atoms with Crippen LogP contribution in [0.15, 0.2) is 24.3 Å². The maximum absolute atomic E-state index is 12.9. The first kappa shape index (κ1) is 25.7. The van der Waals surface area contributed by atoms with Crippen LogP contribution in [0.1, 0.15) is 53.5 Å². The largest absolute Gasteiger partial charge is 0.497 e. The van der Waals surface area contributed by atoms with Crippen molar-refractivity contribution in [2.75, 3.05) is 20.3 Å². The van der Waals surface area contributed by atoms with Crippen molar-refractivity contribution in [1.82, 2.24) is 10.2 Å². The van der Waals surface area contributed by atoms with Crippen molar-refractivity contribution in [3.63, 3.8) is 0 Å². The molecule has 1 aromatic carbocycles. The predicted molar refractivity (Wildman–Crippen MR) is 128 cm³/mol. The molecule has 31 heavy (non-hydrogen) atoms. The van der Waals surface area contributed by atoms with Gasteiger partial charge in [-0.1, -0.05) is 32.9 Å². The van der Waals surface area contributed by atoms with Crippen molar-refractivity contribution in [1.29, 1.82) is 0 Å². The van der Waals surface area contributed by atoms with E-state index in [4.69, 9.17) is 13.9 Å². The van der Waals surface area contributed by atoms with E-state index in [0.29, 0.717) is 13.2 Å². The lowest BCUT2D eigenvalue weighted by Gasteiger charge is -2.39. The van der Waals surface area contributed by atoms with E-state index in [-0.39, 0.29) is 23.2 Å². The van der Waals surface area contributed by atoms with Gasteiger partial charge >= 0.3 is 6.09 Å². The van der Waals surface area contributed by atoms with Crippen molar-refractivity contribution in [3.05, 3.63) is 29.8 Å². The molecule has 176 valence electrons. The Morgan fingerprint density at radius 3 is 2.26 bits per heavy atom. The highest BCUT2D eigenvalue weighted by atomic mass is 28.4. The highest BCUT2D eigenvalue weighted by molar-refractivity contribution is 6.74. The molecule has 1 aliphatic rings. The first-order chi connectivity index (χ1) is 14.2. The number of carbonyl (C=O) groups excluding carboxylic acids is 1. The lowest BCUT2D eigenvalue weighted by Crippen LogP contribution is -2.51. The summed E-state index contributed by atoms with van der Waals surface area (Å²) in [6, 6.07) is 8.16. The minimum Gasteiger partial charge on any atom is -0.497 e. The molecule has 1 N–H and O–H groups in total. The quantitative estimate of drug-likeness (QED) is 0.580. The Morgan fingerprint density at radius 2 is 1.74 bits per heavy atom. The molecule has 0 saturated carbocycles. The van der Waals surface area contributed by atoms with Crippen molar-refractivity contribution < 1.29 is 18.7 Å². The van der Waals surface area contributed by atoms with Crippen LogP contribution in [-0.4, -0.2) is 57.3 Å². The van der Waals surface area contributed by atoms with Gasteiger partial charge in [0.05, 0.1) is 19.8 Å². The van der Waals surface area contributed by atoms with E-state index in [0.717, 1.165) is 18.7 Å². The van der Waals surface area contributed by atoms with Crippen LogP contribution in [0, 0.1) is 0 Å². The minimum absolute atomic E-state index is 0.0535. The highest BCUT2D eigenvalue weighted by Crippen LogP contribution is 2.37. The number of amides is 1. The average molecular weight is 451 g/mol. The Bertz CT molecular complexity index is 723. The standard InChI is InChI=1S/C24H42N2O4Si/c1-23(2,3)30-22(27)26-15-14-20(21(26)17-29-31(8,9)24(4,5)6)25-16-18-10-12-19(28-7)13-11-18/h10-13,20-21,25H,14-17H2,1-9H3/t20-,21-/m0/s1. The summed E-state index contributed by atoms with van der Waals surface area (Å²) in [6.45, 7) is 18.8. The van der Waals surface area contributed by atoms with Gasteiger partial charge < -0.3 is 24.1 Å². The maximum Gasteiger partial charge on any atom is 0.410 e. The Balaban J connectivity index is 2.11. The lowest BCUT2D eigenvalue weighted by atomic mass is 10.1. The number of hydrogen-bond donors (Lipinski definition) is 1. The second-order valence-electron chi connectivity index (χ2n) is 10.9. The van der Waals surface area contributed by atoms with Crippen LogP contribution in [0.25, 0.3) is 0 Å². The Hall–Kier alpha value is -1.57. The Labute approximate surface area is 189 Å². The molecule has 2 rings (SSSR count). The summed E-state index contributed by atoms with van der Waals surface area (Å²) in [4.78, 5) is 14.8. The van der Waals surface area contributed by atoms with Crippen molar-refractivity contribution in [2.24, 2.45) is 0 Å². The molecule has 0 spiro atoms. The van der Waals surface area contributed by atoms with Gasteiger partial charge in [-0.3, -0.25) is 0 Å². The molecule has 0 unspecified atom stereocenters. The molecule has 0 radical (unpaired) electrons. The van der Waals surface area contributed by atoms with Crippen LogP contribution in [0.3, 0.4) is 0 Å². The molecule has 0 aromatic heterocycles. The zero-order valence-electron chi connectivity index (χ0n) is 20.9. The van der Waals surface area contributed by atoms with Crippen LogP contribution in [-0.2, 0) is 15.7 Å². The van der Waals surface area contributed by atoms with Crippen LogP contribution < -0.4 is 10.1 Å². The van der Waals surface area contributed by atoms with Crippen LogP contribution >= 0.6 is 0 Å². The SMILES string of the molecule is COc1ccc(CN[C@H]2CCN(C(=O)OC(C)(C)C)[C@H]2CO[Si](C)(C)C(C)(C)C)cc1. The molecule has 7 heteroatoms. The second kappa shape index (κ2) is 9.92. The molecular weight excluding hydrogens is 408 g/mol. The molecule has 1 heterocycles. The summed E-state index contributed by atoms with van der Waals surface area (Å²) in [6.07, 6.45) is 0.617. The van der Waals surface area contributed by atoms with Gasteiger partial charge in [-0.25, -0.2) is 4.79 Å². The number of ether oxygens (including phenoxy) is 2. The van der Waals surface area contributed by atoms with E-state index in [9.17, 15) is 4.79 Å². The van der Waals surface area contributed by atoms with E-state index < -0.39 is 13.9 Å². The van der Waals surface area contributed by atoms with Crippen LogP contribution in [0.4, 0.5) is 4.79 Å². The molecule has 1 aromatic rings. The van der Waals surface area contributed by atoms with Gasteiger partial charge in [0.2, 0.25) is 0 Å². The lowest BCUT2D eigenvalue weighted by molar-refractivity contribution is 0.0165. The molecule has 0 aliphatic carbocycles. The summed E-state index contributed by atoms with van der Waals surface area (Å²) in [5.41, 5.74) is 0.664. The second-order valence-corrected chi connectivity index (χ2v) is 15.7. The number of rotatable bonds is 7. The zero-order valence-corrected chi connectivity index (χ0v) is 21.9. The van der Waals surface area contributed by atoms with E-state index >= 15 is 0 Å². The Kier molecular flexibility index (Phi) is 8.22. The number of nitrogens with one attached hydrogen (secondary N) is 1. The van der Waals surface area contributed by atoms with Crippen LogP contribution in [0.5, 0.6) is 5.75 Å². The molecule has 6 nitrogen and oxygen atoms in total. The number of benzene rings is 1. The van der Waals surface area contributed by atoms with Crippen molar-refractivity contribution >= 4 is 14.4 Å².